The maximum atomic E-state index is 6.08. The Morgan fingerprint density at radius 2 is 2.05 bits per heavy atom. The Morgan fingerprint density at radius 3 is 2.82 bits per heavy atom. The van der Waals surface area contributed by atoms with Gasteiger partial charge in [-0.05, 0) is 86.3 Å². The molecule has 3 rings (SSSR count). The van der Waals surface area contributed by atoms with Gasteiger partial charge >= 0.3 is 0 Å². The Kier molecular flexibility index (Phi) is 5.36. The number of benzene rings is 1. The van der Waals surface area contributed by atoms with Crippen molar-refractivity contribution in [1.82, 2.24) is 0 Å². The van der Waals surface area contributed by atoms with Gasteiger partial charge in [-0.25, -0.2) is 0 Å². The number of nitrogens with two attached hydrogens (primary N) is 1. The molecule has 0 bridgehead atoms. The van der Waals surface area contributed by atoms with Crippen LogP contribution in [-0.2, 0) is 12.8 Å². The van der Waals surface area contributed by atoms with Crippen molar-refractivity contribution in [3.05, 3.63) is 47.0 Å². The molecule has 1 nitrogen and oxygen atoms in total. The molecular weight excluding hydrogens is 266 g/mol. The van der Waals surface area contributed by atoms with Crippen LogP contribution in [0, 0.1) is 5.92 Å². The maximum Gasteiger partial charge on any atom is 0.00448 e. The summed E-state index contributed by atoms with van der Waals surface area (Å²) in [5.41, 5.74) is 10.9. The Bertz CT molecular complexity index is 517. The van der Waals surface area contributed by atoms with Crippen LogP contribution in [0.3, 0.4) is 0 Å². The summed E-state index contributed by atoms with van der Waals surface area (Å²) in [5.74, 6) is 1.61. The van der Waals surface area contributed by atoms with Gasteiger partial charge in [-0.1, -0.05) is 37.3 Å². The highest BCUT2D eigenvalue weighted by atomic mass is 14.6. The summed E-state index contributed by atoms with van der Waals surface area (Å²) in [6.07, 6.45) is 16.1. The number of aryl methyl sites for hydroxylation is 1. The normalized spacial score (nSPS) is 28.2. The SMILES string of the molecule is CC/C=C/CCC1CCc2cc(C3CCC(N)C3)ccc2C1. The third kappa shape index (κ3) is 3.81. The Labute approximate surface area is 136 Å². The van der Waals surface area contributed by atoms with Crippen molar-refractivity contribution in [1.29, 1.82) is 0 Å². The standard InChI is InChI=1S/C21H31N/c1-2-3-4-5-6-16-7-8-18-14-19(10-9-17(18)13-16)20-11-12-21(22)15-20/h3-4,9-10,14,16,20-21H,2,5-8,11-13,15,22H2,1H3/b4-3+. The van der Waals surface area contributed by atoms with Gasteiger partial charge in [0, 0.05) is 6.04 Å². The monoisotopic (exact) mass is 297 g/mol. The van der Waals surface area contributed by atoms with E-state index in [0.29, 0.717) is 6.04 Å². The molecule has 3 atom stereocenters. The second-order valence-corrected chi connectivity index (χ2v) is 7.36. The molecule has 0 heterocycles. The average Bonchev–Trinajstić information content (AvgIpc) is 2.97. The van der Waals surface area contributed by atoms with Crippen LogP contribution in [0.2, 0.25) is 0 Å². The van der Waals surface area contributed by atoms with E-state index in [4.69, 9.17) is 5.73 Å². The Morgan fingerprint density at radius 1 is 1.14 bits per heavy atom. The van der Waals surface area contributed by atoms with E-state index in [-0.39, 0.29) is 0 Å². The molecular formula is C21H31N. The lowest BCUT2D eigenvalue weighted by molar-refractivity contribution is 0.430. The lowest BCUT2D eigenvalue weighted by Gasteiger charge is -2.25. The zero-order valence-electron chi connectivity index (χ0n) is 14.1. The first-order valence-electron chi connectivity index (χ1n) is 9.28. The van der Waals surface area contributed by atoms with Crippen LogP contribution in [0.25, 0.3) is 0 Å². The first kappa shape index (κ1) is 15.8. The molecule has 0 amide bonds. The van der Waals surface area contributed by atoms with Crippen LogP contribution >= 0.6 is 0 Å². The summed E-state index contributed by atoms with van der Waals surface area (Å²) >= 11 is 0. The van der Waals surface area contributed by atoms with Crippen LogP contribution in [0.4, 0.5) is 0 Å². The quantitative estimate of drug-likeness (QED) is 0.749. The molecule has 3 unspecified atom stereocenters. The fraction of sp³-hybridized carbons (Fsp3) is 0.619. The number of rotatable bonds is 5. The van der Waals surface area contributed by atoms with Crippen LogP contribution < -0.4 is 5.73 Å². The van der Waals surface area contributed by atoms with Crippen LogP contribution in [0.1, 0.15) is 74.5 Å². The molecule has 0 saturated heterocycles. The molecule has 2 aliphatic rings. The van der Waals surface area contributed by atoms with Gasteiger partial charge in [0.05, 0.1) is 0 Å². The van der Waals surface area contributed by atoms with Gasteiger partial charge in [0.2, 0.25) is 0 Å². The molecule has 0 aromatic heterocycles. The molecule has 1 aromatic rings. The van der Waals surface area contributed by atoms with Crippen molar-refractivity contribution in [2.75, 3.05) is 0 Å². The summed E-state index contributed by atoms with van der Waals surface area (Å²) in [6, 6.07) is 7.75. The minimum Gasteiger partial charge on any atom is -0.328 e. The van der Waals surface area contributed by atoms with Gasteiger partial charge in [0.25, 0.3) is 0 Å². The summed E-state index contributed by atoms with van der Waals surface area (Å²) in [6.45, 7) is 2.21. The third-order valence-electron chi connectivity index (χ3n) is 5.65. The van der Waals surface area contributed by atoms with Crippen molar-refractivity contribution in [2.45, 2.75) is 76.7 Å². The first-order valence-corrected chi connectivity index (χ1v) is 9.28. The van der Waals surface area contributed by atoms with Gasteiger partial charge in [0.15, 0.2) is 0 Å². The molecule has 120 valence electrons. The molecule has 0 aliphatic heterocycles. The highest BCUT2D eigenvalue weighted by molar-refractivity contribution is 5.36. The van der Waals surface area contributed by atoms with Crippen molar-refractivity contribution >= 4 is 0 Å². The highest BCUT2D eigenvalue weighted by Crippen LogP contribution is 2.36. The van der Waals surface area contributed by atoms with E-state index in [9.17, 15) is 0 Å². The fourth-order valence-corrected chi connectivity index (χ4v) is 4.29. The van der Waals surface area contributed by atoms with Crippen molar-refractivity contribution in [2.24, 2.45) is 11.7 Å². The topological polar surface area (TPSA) is 26.0 Å². The molecule has 0 radical (unpaired) electrons. The van der Waals surface area contributed by atoms with Gasteiger partial charge in [0.1, 0.15) is 0 Å². The second-order valence-electron chi connectivity index (χ2n) is 7.36. The number of fused-ring (bicyclic) bond motifs is 1. The van der Waals surface area contributed by atoms with Crippen molar-refractivity contribution in [3.63, 3.8) is 0 Å². The van der Waals surface area contributed by atoms with E-state index >= 15 is 0 Å². The van der Waals surface area contributed by atoms with E-state index in [1.54, 1.807) is 16.7 Å². The van der Waals surface area contributed by atoms with Crippen LogP contribution in [0.15, 0.2) is 30.4 Å². The molecule has 0 spiro atoms. The van der Waals surface area contributed by atoms with Gasteiger partial charge in [-0.2, -0.15) is 0 Å². The average molecular weight is 297 g/mol. The molecule has 2 aliphatic carbocycles. The maximum absolute atomic E-state index is 6.08. The molecule has 1 saturated carbocycles. The van der Waals surface area contributed by atoms with Gasteiger partial charge in [-0.15, -0.1) is 0 Å². The summed E-state index contributed by atoms with van der Waals surface area (Å²) in [5, 5.41) is 0. The van der Waals surface area contributed by atoms with Gasteiger partial charge in [-0.3, -0.25) is 0 Å². The number of hydrogen-bond donors (Lipinski definition) is 1. The largest absolute Gasteiger partial charge is 0.328 e. The number of allylic oxidation sites excluding steroid dienone is 2. The minimum atomic E-state index is 0.432. The van der Waals surface area contributed by atoms with Crippen molar-refractivity contribution in [3.8, 4) is 0 Å². The Hall–Kier alpha value is -1.08. The van der Waals surface area contributed by atoms with E-state index < -0.39 is 0 Å². The smallest absolute Gasteiger partial charge is 0.00448 e. The molecule has 22 heavy (non-hydrogen) atoms. The van der Waals surface area contributed by atoms with Crippen LogP contribution in [0.5, 0.6) is 0 Å². The predicted molar refractivity (Wildman–Crippen MR) is 95.2 cm³/mol. The van der Waals surface area contributed by atoms with E-state index in [0.717, 1.165) is 11.8 Å². The Balaban J connectivity index is 1.60. The van der Waals surface area contributed by atoms with E-state index in [1.165, 1.54) is 57.8 Å². The molecule has 1 aromatic carbocycles. The predicted octanol–water partition coefficient (Wildman–Crippen LogP) is 5.13. The molecule has 1 heteroatoms. The fourth-order valence-electron chi connectivity index (χ4n) is 4.29. The van der Waals surface area contributed by atoms with E-state index in [2.05, 4.69) is 37.3 Å². The van der Waals surface area contributed by atoms with Crippen molar-refractivity contribution < 1.29 is 0 Å². The zero-order valence-corrected chi connectivity index (χ0v) is 14.1. The number of hydrogen-bond acceptors (Lipinski definition) is 1. The van der Waals surface area contributed by atoms with Gasteiger partial charge < -0.3 is 5.73 Å². The molecule has 2 N–H and O–H groups in total. The lowest BCUT2D eigenvalue weighted by atomic mass is 9.80. The van der Waals surface area contributed by atoms with Crippen LogP contribution in [-0.4, -0.2) is 6.04 Å². The third-order valence-corrected chi connectivity index (χ3v) is 5.65. The zero-order chi connectivity index (χ0) is 15.4. The second kappa shape index (κ2) is 7.46. The summed E-state index contributed by atoms with van der Waals surface area (Å²) in [4.78, 5) is 0. The lowest BCUT2D eigenvalue weighted by Crippen LogP contribution is -2.15. The summed E-state index contributed by atoms with van der Waals surface area (Å²) in [7, 11) is 0. The summed E-state index contributed by atoms with van der Waals surface area (Å²) < 4.78 is 0. The highest BCUT2D eigenvalue weighted by Gasteiger charge is 2.25. The van der Waals surface area contributed by atoms with E-state index in [1.807, 2.05) is 0 Å². The first-order chi connectivity index (χ1) is 10.8. The molecule has 1 fully saturated rings. The minimum absolute atomic E-state index is 0.432.